The zero-order valence-electron chi connectivity index (χ0n) is 16.7. The summed E-state index contributed by atoms with van der Waals surface area (Å²) in [7, 11) is 1.56. The van der Waals surface area contributed by atoms with E-state index in [1.54, 1.807) is 60.5 Å². The molecule has 1 aliphatic rings. The summed E-state index contributed by atoms with van der Waals surface area (Å²) in [5, 5.41) is 5.33. The number of nitrogens with zero attached hydrogens (tertiary/aromatic N) is 1. The number of carbonyl (C=O) groups is 2. The van der Waals surface area contributed by atoms with Crippen LogP contribution >= 0.6 is 11.8 Å². The van der Waals surface area contributed by atoms with E-state index in [0.717, 1.165) is 5.56 Å². The van der Waals surface area contributed by atoms with E-state index in [1.807, 2.05) is 12.1 Å². The molecule has 8 heteroatoms. The molecule has 2 N–H and O–H groups in total. The minimum absolute atomic E-state index is 0.0264. The standard InChI is InChI=1S/C23H20FN3O3S/c1-30-20-4-2-3-18(13-20)26-23(29)25-17-9-5-15(6-10-17)22-27(21(28)14-31-22)19-11-7-16(24)8-12-19/h2-13,22H,14H2,1H3,(H2,25,26,29). The predicted molar refractivity (Wildman–Crippen MR) is 121 cm³/mol. The first-order chi connectivity index (χ1) is 15.0. The molecule has 1 fully saturated rings. The third-order valence-electron chi connectivity index (χ3n) is 4.75. The molecule has 0 spiro atoms. The van der Waals surface area contributed by atoms with Gasteiger partial charge in [-0.25, -0.2) is 9.18 Å². The van der Waals surface area contributed by atoms with Gasteiger partial charge in [0, 0.05) is 23.1 Å². The van der Waals surface area contributed by atoms with Gasteiger partial charge in [0.25, 0.3) is 0 Å². The fraction of sp³-hybridized carbons (Fsp3) is 0.130. The molecule has 4 rings (SSSR count). The van der Waals surface area contributed by atoms with Gasteiger partial charge < -0.3 is 15.4 Å². The van der Waals surface area contributed by atoms with Crippen molar-refractivity contribution in [1.29, 1.82) is 0 Å². The highest BCUT2D eigenvalue weighted by Gasteiger charge is 2.34. The summed E-state index contributed by atoms with van der Waals surface area (Å²) in [6, 6.07) is 19.9. The lowest BCUT2D eigenvalue weighted by molar-refractivity contribution is -0.115. The molecule has 0 saturated carbocycles. The number of anilines is 3. The zero-order chi connectivity index (χ0) is 21.8. The summed E-state index contributed by atoms with van der Waals surface area (Å²) >= 11 is 1.51. The van der Waals surface area contributed by atoms with Crippen molar-refractivity contribution in [2.75, 3.05) is 28.4 Å². The Morgan fingerprint density at radius 1 is 1.03 bits per heavy atom. The lowest BCUT2D eigenvalue weighted by Crippen LogP contribution is -2.27. The van der Waals surface area contributed by atoms with E-state index in [9.17, 15) is 14.0 Å². The smallest absolute Gasteiger partial charge is 0.323 e. The molecular weight excluding hydrogens is 417 g/mol. The minimum Gasteiger partial charge on any atom is -0.497 e. The van der Waals surface area contributed by atoms with Crippen molar-refractivity contribution in [1.82, 2.24) is 0 Å². The molecule has 1 atom stereocenters. The van der Waals surface area contributed by atoms with Crippen molar-refractivity contribution in [2.24, 2.45) is 0 Å². The number of nitrogens with one attached hydrogen (secondary N) is 2. The summed E-state index contributed by atoms with van der Waals surface area (Å²) in [5.74, 6) is 0.630. The Bertz CT molecular complexity index is 1090. The van der Waals surface area contributed by atoms with Crippen molar-refractivity contribution in [2.45, 2.75) is 5.37 Å². The van der Waals surface area contributed by atoms with Crippen LogP contribution in [0.5, 0.6) is 5.75 Å². The van der Waals surface area contributed by atoms with Crippen LogP contribution in [0.3, 0.4) is 0 Å². The van der Waals surface area contributed by atoms with Gasteiger partial charge in [0.2, 0.25) is 5.91 Å². The molecular formula is C23H20FN3O3S. The van der Waals surface area contributed by atoms with Crippen molar-refractivity contribution in [3.63, 3.8) is 0 Å². The molecule has 1 heterocycles. The van der Waals surface area contributed by atoms with Gasteiger partial charge in [-0.05, 0) is 54.1 Å². The Morgan fingerprint density at radius 3 is 2.45 bits per heavy atom. The molecule has 31 heavy (non-hydrogen) atoms. The van der Waals surface area contributed by atoms with E-state index in [-0.39, 0.29) is 23.1 Å². The summed E-state index contributed by atoms with van der Waals surface area (Å²) in [6.07, 6.45) is 0. The molecule has 0 aliphatic carbocycles. The molecule has 0 bridgehead atoms. The monoisotopic (exact) mass is 437 g/mol. The minimum atomic E-state index is -0.376. The van der Waals surface area contributed by atoms with Gasteiger partial charge in [-0.2, -0.15) is 0 Å². The highest BCUT2D eigenvalue weighted by atomic mass is 32.2. The van der Waals surface area contributed by atoms with E-state index >= 15 is 0 Å². The molecule has 1 saturated heterocycles. The Kier molecular flexibility index (Phi) is 6.08. The van der Waals surface area contributed by atoms with Crippen molar-refractivity contribution in [3.8, 4) is 5.75 Å². The van der Waals surface area contributed by atoms with Crippen LogP contribution in [0.2, 0.25) is 0 Å². The summed E-state index contributed by atoms with van der Waals surface area (Å²) < 4.78 is 18.4. The van der Waals surface area contributed by atoms with E-state index in [0.29, 0.717) is 28.6 Å². The van der Waals surface area contributed by atoms with Crippen LogP contribution in [0.4, 0.5) is 26.2 Å². The number of thioether (sulfide) groups is 1. The number of methoxy groups -OCH3 is 1. The second-order valence-electron chi connectivity index (χ2n) is 6.84. The maximum Gasteiger partial charge on any atom is 0.323 e. The van der Waals surface area contributed by atoms with Crippen LogP contribution in [0, 0.1) is 5.82 Å². The average molecular weight is 437 g/mol. The van der Waals surface area contributed by atoms with Gasteiger partial charge in [0.1, 0.15) is 16.9 Å². The first kappa shape index (κ1) is 20.7. The number of amides is 3. The Balaban J connectivity index is 1.44. The van der Waals surface area contributed by atoms with Crippen LogP contribution in [-0.2, 0) is 4.79 Å². The Labute approximate surface area is 183 Å². The first-order valence-corrected chi connectivity index (χ1v) is 10.6. The number of halogens is 1. The normalized spacial score (nSPS) is 15.6. The lowest BCUT2D eigenvalue weighted by atomic mass is 10.1. The molecule has 0 aromatic heterocycles. The van der Waals surface area contributed by atoms with E-state index < -0.39 is 0 Å². The van der Waals surface area contributed by atoms with Crippen LogP contribution in [0.25, 0.3) is 0 Å². The van der Waals surface area contributed by atoms with Gasteiger partial charge in [-0.1, -0.05) is 18.2 Å². The van der Waals surface area contributed by atoms with Crippen molar-refractivity contribution >= 4 is 40.8 Å². The molecule has 1 aliphatic heterocycles. The second-order valence-corrected chi connectivity index (χ2v) is 7.91. The van der Waals surface area contributed by atoms with Gasteiger partial charge in [0.05, 0.1) is 12.9 Å². The largest absolute Gasteiger partial charge is 0.497 e. The summed E-state index contributed by atoms with van der Waals surface area (Å²) in [6.45, 7) is 0. The van der Waals surface area contributed by atoms with Gasteiger partial charge in [-0.15, -0.1) is 11.8 Å². The third-order valence-corrected chi connectivity index (χ3v) is 5.97. The zero-order valence-corrected chi connectivity index (χ0v) is 17.5. The summed E-state index contributed by atoms with van der Waals surface area (Å²) in [5.41, 5.74) is 2.80. The number of urea groups is 1. The number of benzene rings is 3. The Hall–Kier alpha value is -3.52. The molecule has 3 amide bonds. The van der Waals surface area contributed by atoms with Crippen LogP contribution < -0.4 is 20.3 Å². The van der Waals surface area contributed by atoms with E-state index in [2.05, 4.69) is 10.6 Å². The molecule has 3 aromatic carbocycles. The highest BCUT2D eigenvalue weighted by Crippen LogP contribution is 2.41. The molecule has 158 valence electrons. The van der Waals surface area contributed by atoms with Gasteiger partial charge in [-0.3, -0.25) is 9.69 Å². The predicted octanol–water partition coefficient (Wildman–Crippen LogP) is 5.26. The van der Waals surface area contributed by atoms with Crippen molar-refractivity contribution in [3.05, 3.63) is 84.2 Å². The summed E-state index contributed by atoms with van der Waals surface area (Å²) in [4.78, 5) is 26.4. The Morgan fingerprint density at radius 2 is 1.74 bits per heavy atom. The SMILES string of the molecule is COc1cccc(NC(=O)Nc2ccc(C3SCC(=O)N3c3ccc(F)cc3)cc2)c1. The molecule has 3 aromatic rings. The van der Waals surface area contributed by atoms with Crippen molar-refractivity contribution < 1.29 is 18.7 Å². The maximum atomic E-state index is 13.3. The quantitative estimate of drug-likeness (QED) is 0.571. The van der Waals surface area contributed by atoms with E-state index in [1.165, 1.54) is 23.9 Å². The number of hydrogen-bond donors (Lipinski definition) is 2. The van der Waals surface area contributed by atoms with E-state index in [4.69, 9.17) is 4.74 Å². The number of ether oxygens (including phenoxy) is 1. The lowest BCUT2D eigenvalue weighted by Gasteiger charge is -2.24. The van der Waals surface area contributed by atoms with Gasteiger partial charge >= 0.3 is 6.03 Å². The van der Waals surface area contributed by atoms with Crippen LogP contribution in [0.1, 0.15) is 10.9 Å². The average Bonchev–Trinajstić information content (AvgIpc) is 3.16. The topological polar surface area (TPSA) is 70.7 Å². The first-order valence-electron chi connectivity index (χ1n) is 9.55. The fourth-order valence-electron chi connectivity index (χ4n) is 3.28. The van der Waals surface area contributed by atoms with Gasteiger partial charge in [0.15, 0.2) is 0 Å². The fourth-order valence-corrected chi connectivity index (χ4v) is 4.45. The third kappa shape index (κ3) is 4.80. The van der Waals surface area contributed by atoms with Crippen LogP contribution in [0.15, 0.2) is 72.8 Å². The molecule has 0 radical (unpaired) electrons. The molecule has 1 unspecified atom stereocenters. The number of carbonyl (C=O) groups excluding carboxylic acids is 2. The highest BCUT2D eigenvalue weighted by molar-refractivity contribution is 8.00. The number of rotatable bonds is 5. The maximum absolute atomic E-state index is 13.3. The second kappa shape index (κ2) is 9.09. The van der Waals surface area contributed by atoms with Crippen LogP contribution in [-0.4, -0.2) is 24.8 Å². The molecule has 6 nitrogen and oxygen atoms in total. The number of hydrogen-bond acceptors (Lipinski definition) is 4.